The first-order valence-corrected chi connectivity index (χ1v) is 8.76. The maximum atomic E-state index is 12.4. The molecular formula is C18H28N2O6. The quantitative estimate of drug-likeness (QED) is 0.419. The van der Waals surface area contributed by atoms with E-state index in [2.05, 4.69) is 5.32 Å². The summed E-state index contributed by atoms with van der Waals surface area (Å²) in [6.45, 7) is 9.00. The third-order valence-electron chi connectivity index (χ3n) is 3.74. The molecule has 2 unspecified atom stereocenters. The number of rotatable bonds is 7. The number of alkyl carbamates (subject to hydrolysis) is 1. The van der Waals surface area contributed by atoms with Gasteiger partial charge in [-0.1, -0.05) is 19.4 Å². The Bertz CT molecular complexity index is 591. The van der Waals surface area contributed by atoms with Crippen molar-refractivity contribution in [1.29, 1.82) is 0 Å². The standard InChI is InChI=1S/C18H28N2O6/c1-6-7-15(12(2)19-17(22)26-18(3,4)5)25-16(21)13-8-10-14(11-9-13)20(23)24/h8,10-13,15H,6-7,9H2,1-5H3,(H,19,22)/t12-,13?,15?/m0/s1. The van der Waals surface area contributed by atoms with Crippen molar-refractivity contribution in [2.75, 3.05) is 0 Å². The van der Waals surface area contributed by atoms with E-state index < -0.39 is 40.7 Å². The van der Waals surface area contributed by atoms with Crippen LogP contribution in [0.15, 0.2) is 23.9 Å². The Morgan fingerprint density at radius 3 is 2.54 bits per heavy atom. The van der Waals surface area contributed by atoms with Crippen molar-refractivity contribution in [2.45, 2.75) is 71.6 Å². The van der Waals surface area contributed by atoms with Crippen LogP contribution in [0.25, 0.3) is 0 Å². The van der Waals surface area contributed by atoms with Crippen LogP contribution in [0.5, 0.6) is 0 Å². The molecule has 0 aromatic heterocycles. The van der Waals surface area contributed by atoms with Gasteiger partial charge in [0.25, 0.3) is 5.70 Å². The first kappa shape index (κ1) is 21.7. The summed E-state index contributed by atoms with van der Waals surface area (Å²) in [7, 11) is 0. The Morgan fingerprint density at radius 1 is 1.42 bits per heavy atom. The molecule has 1 rings (SSSR count). The van der Waals surface area contributed by atoms with Crippen molar-refractivity contribution < 1.29 is 24.0 Å². The number of nitrogens with one attached hydrogen (secondary N) is 1. The van der Waals surface area contributed by atoms with Crippen LogP contribution in [-0.4, -0.2) is 34.7 Å². The minimum Gasteiger partial charge on any atom is -0.460 e. The molecule has 1 aliphatic rings. The summed E-state index contributed by atoms with van der Waals surface area (Å²) in [5.74, 6) is -1.03. The molecule has 1 N–H and O–H groups in total. The molecule has 0 radical (unpaired) electrons. The van der Waals surface area contributed by atoms with Gasteiger partial charge in [-0.05, 0) is 46.6 Å². The Kier molecular flexibility index (Phi) is 7.79. The van der Waals surface area contributed by atoms with Gasteiger partial charge in [-0.2, -0.15) is 0 Å². The zero-order valence-corrected chi connectivity index (χ0v) is 16.0. The summed E-state index contributed by atoms with van der Waals surface area (Å²) in [5, 5.41) is 13.4. The monoisotopic (exact) mass is 368 g/mol. The van der Waals surface area contributed by atoms with Crippen LogP contribution in [0.2, 0.25) is 0 Å². The van der Waals surface area contributed by atoms with Crippen molar-refractivity contribution in [3.8, 4) is 0 Å². The zero-order chi connectivity index (χ0) is 19.9. The summed E-state index contributed by atoms with van der Waals surface area (Å²) >= 11 is 0. The highest BCUT2D eigenvalue weighted by Gasteiger charge is 2.28. The third-order valence-corrected chi connectivity index (χ3v) is 3.74. The lowest BCUT2D eigenvalue weighted by Crippen LogP contribution is -2.45. The highest BCUT2D eigenvalue weighted by molar-refractivity contribution is 5.75. The van der Waals surface area contributed by atoms with E-state index in [0.29, 0.717) is 6.42 Å². The molecular weight excluding hydrogens is 340 g/mol. The van der Waals surface area contributed by atoms with E-state index in [0.717, 1.165) is 6.42 Å². The lowest BCUT2D eigenvalue weighted by atomic mass is 9.99. The number of carbonyl (C=O) groups is 2. The van der Waals surface area contributed by atoms with E-state index in [1.807, 2.05) is 6.92 Å². The number of nitro groups is 1. The molecule has 0 aromatic carbocycles. The number of hydrogen-bond acceptors (Lipinski definition) is 6. The van der Waals surface area contributed by atoms with Crippen molar-refractivity contribution in [3.05, 3.63) is 34.0 Å². The molecule has 0 spiro atoms. The lowest BCUT2D eigenvalue weighted by Gasteiger charge is -2.27. The third kappa shape index (κ3) is 7.25. The molecule has 1 amide bonds. The molecule has 146 valence electrons. The molecule has 3 atom stereocenters. The smallest absolute Gasteiger partial charge is 0.407 e. The van der Waals surface area contributed by atoms with Gasteiger partial charge >= 0.3 is 12.1 Å². The molecule has 8 heteroatoms. The highest BCUT2D eigenvalue weighted by atomic mass is 16.6. The van der Waals surface area contributed by atoms with E-state index >= 15 is 0 Å². The summed E-state index contributed by atoms with van der Waals surface area (Å²) in [6, 6.07) is -0.425. The van der Waals surface area contributed by atoms with E-state index in [9.17, 15) is 19.7 Å². The molecule has 0 aliphatic heterocycles. The number of esters is 1. The number of hydrogen-bond donors (Lipinski definition) is 1. The maximum absolute atomic E-state index is 12.4. The molecule has 8 nitrogen and oxygen atoms in total. The van der Waals surface area contributed by atoms with Crippen LogP contribution in [-0.2, 0) is 14.3 Å². The highest BCUT2D eigenvalue weighted by Crippen LogP contribution is 2.20. The molecule has 0 fully saturated rings. The Hall–Kier alpha value is -2.38. The summed E-state index contributed by atoms with van der Waals surface area (Å²) in [6.07, 6.45) is 4.69. The van der Waals surface area contributed by atoms with Gasteiger partial charge in [0.05, 0.1) is 16.9 Å². The number of allylic oxidation sites excluding steroid dienone is 2. The van der Waals surface area contributed by atoms with E-state index in [4.69, 9.17) is 9.47 Å². The topological polar surface area (TPSA) is 108 Å². The molecule has 0 saturated carbocycles. The molecule has 0 aromatic rings. The second kappa shape index (κ2) is 9.35. The van der Waals surface area contributed by atoms with Gasteiger partial charge in [0, 0.05) is 6.08 Å². The van der Waals surface area contributed by atoms with E-state index in [1.165, 1.54) is 18.2 Å². The molecule has 26 heavy (non-hydrogen) atoms. The average molecular weight is 368 g/mol. The number of ether oxygens (including phenoxy) is 2. The summed E-state index contributed by atoms with van der Waals surface area (Å²) in [4.78, 5) is 34.5. The predicted octanol–water partition coefficient (Wildman–Crippen LogP) is 3.35. The molecule has 0 saturated heterocycles. The lowest BCUT2D eigenvalue weighted by molar-refractivity contribution is -0.419. The number of amides is 1. The van der Waals surface area contributed by atoms with Crippen LogP contribution in [0.4, 0.5) is 4.79 Å². The van der Waals surface area contributed by atoms with Crippen molar-refractivity contribution in [1.82, 2.24) is 5.32 Å². The molecule has 0 heterocycles. The van der Waals surface area contributed by atoms with Crippen LogP contribution in [0, 0.1) is 16.0 Å². The van der Waals surface area contributed by atoms with Gasteiger partial charge < -0.3 is 14.8 Å². The van der Waals surface area contributed by atoms with E-state index in [1.54, 1.807) is 27.7 Å². The maximum Gasteiger partial charge on any atom is 0.407 e. The molecule has 1 aliphatic carbocycles. The van der Waals surface area contributed by atoms with Crippen molar-refractivity contribution in [3.63, 3.8) is 0 Å². The average Bonchev–Trinajstić information content (AvgIpc) is 2.52. The fourth-order valence-electron chi connectivity index (χ4n) is 2.44. The van der Waals surface area contributed by atoms with Crippen LogP contribution in [0.1, 0.15) is 53.9 Å². The Morgan fingerprint density at radius 2 is 2.08 bits per heavy atom. The van der Waals surface area contributed by atoms with Crippen LogP contribution < -0.4 is 5.32 Å². The number of carbonyl (C=O) groups excluding carboxylic acids is 2. The Balaban J connectivity index is 2.64. The van der Waals surface area contributed by atoms with Gasteiger partial charge in [0.15, 0.2) is 0 Å². The van der Waals surface area contributed by atoms with Gasteiger partial charge in [-0.25, -0.2) is 4.79 Å². The van der Waals surface area contributed by atoms with Crippen LogP contribution >= 0.6 is 0 Å². The van der Waals surface area contributed by atoms with E-state index in [-0.39, 0.29) is 12.1 Å². The van der Waals surface area contributed by atoms with Crippen molar-refractivity contribution >= 4 is 12.1 Å². The second-order valence-corrected chi connectivity index (χ2v) is 7.29. The van der Waals surface area contributed by atoms with Crippen molar-refractivity contribution in [2.24, 2.45) is 5.92 Å². The normalized spacial score (nSPS) is 19.1. The Labute approximate surface area is 153 Å². The summed E-state index contributed by atoms with van der Waals surface area (Å²) in [5.41, 5.74) is -0.645. The van der Waals surface area contributed by atoms with Gasteiger partial charge in [-0.15, -0.1) is 0 Å². The zero-order valence-electron chi connectivity index (χ0n) is 16.0. The van der Waals surface area contributed by atoms with Gasteiger partial charge in [0.1, 0.15) is 11.7 Å². The largest absolute Gasteiger partial charge is 0.460 e. The van der Waals surface area contributed by atoms with Gasteiger partial charge in [0.2, 0.25) is 0 Å². The SMILES string of the molecule is CCCC(OC(=O)C1C=CC([N+](=O)[O-])=CC1)[C@H](C)NC(=O)OC(C)(C)C. The number of nitrogens with zero attached hydrogens (tertiary/aromatic N) is 1. The van der Waals surface area contributed by atoms with Gasteiger partial charge in [-0.3, -0.25) is 14.9 Å². The fourth-order valence-corrected chi connectivity index (χ4v) is 2.44. The fraction of sp³-hybridized carbons (Fsp3) is 0.667. The second-order valence-electron chi connectivity index (χ2n) is 7.29. The first-order valence-electron chi connectivity index (χ1n) is 8.76. The minimum atomic E-state index is -0.616. The summed E-state index contributed by atoms with van der Waals surface area (Å²) < 4.78 is 10.8. The minimum absolute atomic E-state index is 0.0286. The van der Waals surface area contributed by atoms with Crippen LogP contribution in [0.3, 0.4) is 0 Å². The molecule has 0 bridgehead atoms. The first-order chi connectivity index (χ1) is 12.0. The predicted molar refractivity (Wildman–Crippen MR) is 95.9 cm³/mol.